The average molecular weight is 269 g/mol. The summed E-state index contributed by atoms with van der Waals surface area (Å²) in [5.41, 5.74) is 0. The fourth-order valence-electron chi connectivity index (χ4n) is 1.54. The van der Waals surface area contributed by atoms with Crippen LogP contribution >= 0.6 is 0 Å². The number of aryl methyl sites for hydroxylation is 2. The van der Waals surface area contributed by atoms with Crippen molar-refractivity contribution in [2.75, 3.05) is 0 Å². The molecular formula is C12H19N3O4. The van der Waals surface area contributed by atoms with Crippen molar-refractivity contribution in [2.24, 2.45) is 0 Å². The van der Waals surface area contributed by atoms with Crippen molar-refractivity contribution in [3.63, 3.8) is 0 Å². The maximum atomic E-state index is 11.6. The van der Waals surface area contributed by atoms with Crippen LogP contribution in [0.15, 0.2) is 4.52 Å². The first-order chi connectivity index (χ1) is 9.06. The Morgan fingerprint density at radius 3 is 2.68 bits per heavy atom. The van der Waals surface area contributed by atoms with Crippen LogP contribution in [-0.4, -0.2) is 33.2 Å². The van der Waals surface area contributed by atoms with E-state index < -0.39 is 12.0 Å². The number of aliphatic carboxylic acids is 1. The first-order valence-electron chi connectivity index (χ1n) is 6.40. The molecule has 0 fully saturated rings. The molecule has 0 spiro atoms. The first-order valence-corrected chi connectivity index (χ1v) is 6.40. The zero-order valence-electron chi connectivity index (χ0n) is 11.2. The molecule has 0 saturated heterocycles. The topological polar surface area (TPSA) is 105 Å². The number of carboxylic acid groups (broad SMARTS) is 1. The highest BCUT2D eigenvalue weighted by atomic mass is 16.5. The van der Waals surface area contributed by atoms with Crippen LogP contribution in [0.1, 0.15) is 44.8 Å². The Bertz CT molecular complexity index is 430. The van der Waals surface area contributed by atoms with Gasteiger partial charge in [0.1, 0.15) is 6.04 Å². The molecule has 0 bridgehead atoms. The van der Waals surface area contributed by atoms with Gasteiger partial charge in [0.25, 0.3) is 0 Å². The van der Waals surface area contributed by atoms with E-state index in [1.54, 1.807) is 6.92 Å². The Morgan fingerprint density at radius 2 is 2.11 bits per heavy atom. The van der Waals surface area contributed by atoms with Gasteiger partial charge in [-0.3, -0.25) is 4.79 Å². The number of aromatic nitrogens is 2. The van der Waals surface area contributed by atoms with Crippen LogP contribution in [0, 0.1) is 0 Å². The summed E-state index contributed by atoms with van der Waals surface area (Å²) in [5, 5.41) is 15.0. The summed E-state index contributed by atoms with van der Waals surface area (Å²) in [6.45, 7) is 3.72. The number of amides is 1. The summed E-state index contributed by atoms with van der Waals surface area (Å²) >= 11 is 0. The third kappa shape index (κ3) is 5.07. The lowest BCUT2D eigenvalue weighted by molar-refractivity contribution is -0.141. The normalized spacial score (nSPS) is 12.1. The van der Waals surface area contributed by atoms with Gasteiger partial charge in [-0.25, -0.2) is 4.79 Å². The van der Waals surface area contributed by atoms with Gasteiger partial charge in [-0.05, 0) is 12.8 Å². The minimum atomic E-state index is -1.03. The SMILES string of the molecule is CCCc1noc(CCC(=O)N[C@H](CC)C(=O)O)n1. The summed E-state index contributed by atoms with van der Waals surface area (Å²) in [5.74, 6) is -0.319. The lowest BCUT2D eigenvalue weighted by Gasteiger charge is -2.11. The highest BCUT2D eigenvalue weighted by molar-refractivity contribution is 5.83. The van der Waals surface area contributed by atoms with Crippen LogP contribution in [0.3, 0.4) is 0 Å². The summed E-state index contributed by atoms with van der Waals surface area (Å²) in [7, 11) is 0. The van der Waals surface area contributed by atoms with Gasteiger partial charge in [-0.1, -0.05) is 19.0 Å². The molecule has 0 saturated carbocycles. The summed E-state index contributed by atoms with van der Waals surface area (Å²) in [4.78, 5) is 26.5. The number of hydrogen-bond donors (Lipinski definition) is 2. The van der Waals surface area contributed by atoms with Gasteiger partial charge in [0.05, 0.1) is 0 Å². The molecule has 1 aromatic rings. The van der Waals surface area contributed by atoms with Crippen molar-refractivity contribution in [1.82, 2.24) is 15.5 Å². The van der Waals surface area contributed by atoms with Gasteiger partial charge >= 0.3 is 5.97 Å². The molecule has 2 N–H and O–H groups in total. The quantitative estimate of drug-likeness (QED) is 0.727. The zero-order chi connectivity index (χ0) is 14.3. The van der Waals surface area contributed by atoms with Crippen LogP contribution in [0.5, 0.6) is 0 Å². The van der Waals surface area contributed by atoms with Crippen molar-refractivity contribution in [2.45, 2.75) is 52.0 Å². The van der Waals surface area contributed by atoms with Crippen molar-refractivity contribution < 1.29 is 19.2 Å². The molecule has 1 heterocycles. The highest BCUT2D eigenvalue weighted by Gasteiger charge is 2.17. The molecule has 7 nitrogen and oxygen atoms in total. The third-order valence-electron chi connectivity index (χ3n) is 2.59. The third-order valence-corrected chi connectivity index (χ3v) is 2.59. The smallest absolute Gasteiger partial charge is 0.326 e. The van der Waals surface area contributed by atoms with E-state index in [4.69, 9.17) is 9.63 Å². The summed E-state index contributed by atoms with van der Waals surface area (Å²) < 4.78 is 4.99. The van der Waals surface area contributed by atoms with E-state index in [1.165, 1.54) is 0 Å². The number of hydrogen-bond acceptors (Lipinski definition) is 5. The molecule has 1 atom stereocenters. The molecule has 1 aromatic heterocycles. The lowest BCUT2D eigenvalue weighted by Crippen LogP contribution is -2.40. The standard InChI is InChI=1S/C12H19N3O4/c1-3-5-9-14-11(19-15-9)7-6-10(16)13-8(4-2)12(17)18/h8H,3-7H2,1-2H3,(H,13,16)(H,17,18)/t8-/m1/s1. The Morgan fingerprint density at radius 1 is 1.37 bits per heavy atom. The zero-order valence-corrected chi connectivity index (χ0v) is 11.2. The number of carbonyl (C=O) groups excluding carboxylic acids is 1. The second-order valence-electron chi connectivity index (χ2n) is 4.22. The van der Waals surface area contributed by atoms with E-state index in [2.05, 4.69) is 15.5 Å². The molecule has 7 heteroatoms. The van der Waals surface area contributed by atoms with E-state index in [1.807, 2.05) is 6.92 Å². The molecule has 0 aromatic carbocycles. The van der Waals surface area contributed by atoms with Crippen molar-refractivity contribution in [1.29, 1.82) is 0 Å². The molecule has 0 unspecified atom stereocenters. The summed E-state index contributed by atoms with van der Waals surface area (Å²) in [6, 6.07) is -0.842. The van der Waals surface area contributed by atoms with Gasteiger partial charge in [0.2, 0.25) is 11.8 Å². The lowest BCUT2D eigenvalue weighted by atomic mass is 10.2. The molecule has 0 aliphatic carbocycles. The predicted octanol–water partition coefficient (Wildman–Crippen LogP) is 0.934. The number of nitrogens with one attached hydrogen (secondary N) is 1. The van der Waals surface area contributed by atoms with E-state index >= 15 is 0 Å². The minimum absolute atomic E-state index is 0.136. The van der Waals surface area contributed by atoms with Crippen LogP contribution in [0.25, 0.3) is 0 Å². The maximum Gasteiger partial charge on any atom is 0.326 e. The molecular weight excluding hydrogens is 250 g/mol. The van der Waals surface area contributed by atoms with Gasteiger partial charge in [0, 0.05) is 19.3 Å². The molecule has 0 radical (unpaired) electrons. The second-order valence-corrected chi connectivity index (χ2v) is 4.22. The molecule has 19 heavy (non-hydrogen) atoms. The largest absolute Gasteiger partial charge is 0.480 e. The van der Waals surface area contributed by atoms with E-state index in [0.29, 0.717) is 24.6 Å². The fraction of sp³-hybridized carbons (Fsp3) is 0.667. The molecule has 106 valence electrons. The van der Waals surface area contributed by atoms with Crippen LogP contribution < -0.4 is 5.32 Å². The van der Waals surface area contributed by atoms with E-state index in [9.17, 15) is 9.59 Å². The number of carbonyl (C=O) groups is 2. The molecule has 0 aliphatic rings. The van der Waals surface area contributed by atoms with Gasteiger partial charge in [0.15, 0.2) is 5.82 Å². The van der Waals surface area contributed by atoms with Crippen LogP contribution in [0.2, 0.25) is 0 Å². The molecule has 0 aliphatic heterocycles. The Hall–Kier alpha value is -1.92. The first kappa shape index (κ1) is 15.1. The van der Waals surface area contributed by atoms with E-state index in [0.717, 1.165) is 12.8 Å². The van der Waals surface area contributed by atoms with Crippen LogP contribution in [-0.2, 0) is 22.4 Å². The predicted molar refractivity (Wildman–Crippen MR) is 66.5 cm³/mol. The number of nitrogens with zero attached hydrogens (tertiary/aromatic N) is 2. The Kier molecular flexibility index (Phi) is 5.98. The van der Waals surface area contributed by atoms with Gasteiger partial charge in [-0.15, -0.1) is 0 Å². The van der Waals surface area contributed by atoms with Gasteiger partial charge in [-0.2, -0.15) is 4.98 Å². The minimum Gasteiger partial charge on any atom is -0.480 e. The van der Waals surface area contributed by atoms with E-state index in [-0.39, 0.29) is 12.3 Å². The fourth-order valence-corrected chi connectivity index (χ4v) is 1.54. The van der Waals surface area contributed by atoms with Crippen LogP contribution in [0.4, 0.5) is 0 Å². The Balaban J connectivity index is 2.38. The average Bonchev–Trinajstić information content (AvgIpc) is 2.81. The molecule has 1 amide bonds. The number of carboxylic acids is 1. The van der Waals surface area contributed by atoms with Gasteiger partial charge < -0.3 is 14.9 Å². The highest BCUT2D eigenvalue weighted by Crippen LogP contribution is 2.03. The Labute approximate surface area is 111 Å². The van der Waals surface area contributed by atoms with Crippen molar-refractivity contribution in [3.05, 3.63) is 11.7 Å². The maximum absolute atomic E-state index is 11.6. The van der Waals surface area contributed by atoms with Crippen molar-refractivity contribution in [3.8, 4) is 0 Å². The monoisotopic (exact) mass is 269 g/mol. The summed E-state index contributed by atoms with van der Waals surface area (Å²) in [6.07, 6.45) is 2.47. The van der Waals surface area contributed by atoms with Crippen molar-refractivity contribution >= 4 is 11.9 Å². The molecule has 1 rings (SSSR count). The number of rotatable bonds is 8. The second kappa shape index (κ2) is 7.50.